The van der Waals surface area contributed by atoms with Crippen LogP contribution in [0.3, 0.4) is 0 Å². The van der Waals surface area contributed by atoms with E-state index in [-0.39, 0.29) is 6.10 Å². The predicted molar refractivity (Wildman–Crippen MR) is 85.6 cm³/mol. The van der Waals surface area contributed by atoms with Crippen LogP contribution in [-0.4, -0.2) is 42.8 Å². The highest BCUT2D eigenvalue weighted by atomic mass is 79.9. The van der Waals surface area contributed by atoms with E-state index in [2.05, 4.69) is 15.9 Å². The fraction of sp³-hybridized carbons (Fsp3) is 0.667. The van der Waals surface area contributed by atoms with Crippen LogP contribution in [0.1, 0.15) is 19.4 Å². The summed E-state index contributed by atoms with van der Waals surface area (Å²) in [6.07, 6.45) is -0.148. The van der Waals surface area contributed by atoms with E-state index in [9.17, 15) is 8.42 Å². The number of halogens is 2. The molecule has 1 unspecified atom stereocenters. The standard InChI is InChI=1S/C12H17BrClNO3S2/c1-8-4-10(19-11(8)14)20(16,17)15-6-9(5-13)18-12(2,3)7-15/h4,9H,5-7H2,1-3H3. The van der Waals surface area contributed by atoms with Gasteiger partial charge in [-0.2, -0.15) is 4.31 Å². The van der Waals surface area contributed by atoms with Crippen molar-refractivity contribution < 1.29 is 13.2 Å². The van der Waals surface area contributed by atoms with Crippen LogP contribution < -0.4 is 0 Å². The molecule has 0 N–H and O–H groups in total. The van der Waals surface area contributed by atoms with E-state index in [0.29, 0.717) is 27.0 Å². The molecular formula is C12H17BrClNO3S2. The van der Waals surface area contributed by atoms with Gasteiger partial charge in [-0.1, -0.05) is 27.5 Å². The third kappa shape index (κ3) is 3.39. The lowest BCUT2D eigenvalue weighted by Gasteiger charge is -2.41. The molecule has 0 amide bonds. The summed E-state index contributed by atoms with van der Waals surface area (Å²) in [6.45, 7) is 6.30. The van der Waals surface area contributed by atoms with Gasteiger partial charge in [0.1, 0.15) is 4.21 Å². The van der Waals surface area contributed by atoms with Crippen molar-refractivity contribution in [1.29, 1.82) is 0 Å². The van der Waals surface area contributed by atoms with Crippen molar-refractivity contribution >= 4 is 48.9 Å². The predicted octanol–water partition coefficient (Wildman–Crippen LogP) is 3.27. The fourth-order valence-electron chi connectivity index (χ4n) is 2.19. The number of morpholine rings is 1. The third-order valence-corrected chi connectivity index (χ3v) is 7.59. The Balaban J connectivity index is 2.33. The smallest absolute Gasteiger partial charge is 0.252 e. The summed E-state index contributed by atoms with van der Waals surface area (Å²) in [7, 11) is -3.51. The molecule has 8 heteroatoms. The molecule has 0 aromatic carbocycles. The Hall–Kier alpha value is 0.340. The summed E-state index contributed by atoms with van der Waals surface area (Å²) in [5, 5.41) is 0.604. The van der Waals surface area contributed by atoms with Crippen LogP contribution in [0.15, 0.2) is 10.3 Å². The normalized spacial score (nSPS) is 23.9. The second-order valence-corrected chi connectivity index (χ2v) is 9.94. The van der Waals surface area contributed by atoms with Gasteiger partial charge in [0.05, 0.1) is 16.0 Å². The fourth-order valence-corrected chi connectivity index (χ4v) is 6.01. The zero-order chi connectivity index (χ0) is 15.1. The number of nitrogens with zero attached hydrogens (tertiary/aromatic N) is 1. The van der Waals surface area contributed by atoms with Gasteiger partial charge < -0.3 is 4.74 Å². The van der Waals surface area contributed by atoms with E-state index in [1.165, 1.54) is 4.31 Å². The van der Waals surface area contributed by atoms with Gasteiger partial charge >= 0.3 is 0 Å². The summed E-state index contributed by atoms with van der Waals surface area (Å²) in [6, 6.07) is 1.63. The number of hydrogen-bond donors (Lipinski definition) is 0. The van der Waals surface area contributed by atoms with Crippen molar-refractivity contribution in [3.05, 3.63) is 16.0 Å². The molecule has 1 fully saturated rings. The first-order chi connectivity index (χ1) is 9.15. The van der Waals surface area contributed by atoms with Crippen molar-refractivity contribution in [1.82, 2.24) is 4.31 Å². The van der Waals surface area contributed by atoms with Crippen molar-refractivity contribution in [2.45, 2.75) is 36.7 Å². The average Bonchev–Trinajstić information content (AvgIpc) is 2.68. The van der Waals surface area contributed by atoms with Gasteiger partial charge in [0.25, 0.3) is 10.0 Å². The Kier molecular flexibility index (Phi) is 4.89. The van der Waals surface area contributed by atoms with E-state index >= 15 is 0 Å². The highest BCUT2D eigenvalue weighted by Gasteiger charge is 2.39. The molecule has 2 rings (SSSR count). The van der Waals surface area contributed by atoms with E-state index < -0.39 is 15.6 Å². The Morgan fingerprint density at radius 3 is 2.75 bits per heavy atom. The van der Waals surface area contributed by atoms with Crippen molar-refractivity contribution in [3.8, 4) is 0 Å². The molecule has 1 aliphatic rings. The molecule has 1 aromatic rings. The number of aryl methyl sites for hydroxylation is 1. The molecule has 1 atom stereocenters. The van der Waals surface area contributed by atoms with Crippen molar-refractivity contribution in [3.63, 3.8) is 0 Å². The maximum atomic E-state index is 12.7. The molecule has 4 nitrogen and oxygen atoms in total. The Bertz CT molecular complexity index is 580. The first-order valence-corrected chi connectivity index (χ1v) is 9.91. The molecule has 114 valence electrons. The number of ether oxygens (including phenoxy) is 1. The van der Waals surface area contributed by atoms with Crippen molar-refractivity contribution in [2.75, 3.05) is 18.4 Å². The van der Waals surface area contributed by atoms with Gasteiger partial charge in [-0.15, -0.1) is 11.3 Å². The number of alkyl halides is 1. The van der Waals surface area contributed by atoms with Crippen LogP contribution in [0.5, 0.6) is 0 Å². The maximum absolute atomic E-state index is 12.7. The molecule has 1 saturated heterocycles. The first-order valence-electron chi connectivity index (χ1n) is 6.15. The van der Waals surface area contributed by atoms with E-state index in [0.717, 1.165) is 16.9 Å². The minimum Gasteiger partial charge on any atom is -0.369 e. The second kappa shape index (κ2) is 5.85. The van der Waals surface area contributed by atoms with Gasteiger partial charge in [0, 0.05) is 18.4 Å². The van der Waals surface area contributed by atoms with Gasteiger partial charge in [-0.3, -0.25) is 0 Å². The first kappa shape index (κ1) is 16.7. The number of hydrogen-bond acceptors (Lipinski definition) is 4. The van der Waals surface area contributed by atoms with E-state index in [1.54, 1.807) is 6.07 Å². The van der Waals surface area contributed by atoms with Crippen LogP contribution in [0, 0.1) is 6.92 Å². The van der Waals surface area contributed by atoms with Gasteiger partial charge in [-0.25, -0.2) is 8.42 Å². The van der Waals surface area contributed by atoms with Crippen LogP contribution >= 0.6 is 38.9 Å². The summed E-state index contributed by atoms with van der Waals surface area (Å²) in [5.74, 6) is 0. The van der Waals surface area contributed by atoms with E-state index in [1.807, 2.05) is 20.8 Å². The molecule has 1 aliphatic heterocycles. The second-order valence-electron chi connectivity index (χ2n) is 5.47. The zero-order valence-electron chi connectivity index (χ0n) is 11.5. The number of sulfonamides is 1. The van der Waals surface area contributed by atoms with Crippen molar-refractivity contribution in [2.24, 2.45) is 0 Å². The summed E-state index contributed by atoms with van der Waals surface area (Å²) >= 11 is 10.5. The molecule has 0 saturated carbocycles. The maximum Gasteiger partial charge on any atom is 0.252 e. The molecule has 0 radical (unpaired) electrons. The molecule has 0 aliphatic carbocycles. The van der Waals surface area contributed by atoms with Crippen LogP contribution in [0.25, 0.3) is 0 Å². The Morgan fingerprint density at radius 1 is 1.60 bits per heavy atom. The zero-order valence-corrected chi connectivity index (χ0v) is 15.5. The van der Waals surface area contributed by atoms with Crippen LogP contribution in [0.2, 0.25) is 4.34 Å². The minimum atomic E-state index is -3.51. The molecule has 0 spiro atoms. The molecule has 0 bridgehead atoms. The summed E-state index contributed by atoms with van der Waals surface area (Å²) in [5.41, 5.74) is 0.291. The average molecular weight is 403 g/mol. The van der Waals surface area contributed by atoms with Gasteiger partial charge in [0.2, 0.25) is 0 Å². The Labute approximate surface area is 137 Å². The minimum absolute atomic E-state index is 0.148. The highest BCUT2D eigenvalue weighted by molar-refractivity contribution is 9.09. The number of thiophene rings is 1. The lowest BCUT2D eigenvalue weighted by atomic mass is 10.1. The Morgan fingerprint density at radius 2 is 2.25 bits per heavy atom. The van der Waals surface area contributed by atoms with Gasteiger partial charge in [-0.05, 0) is 32.4 Å². The topological polar surface area (TPSA) is 46.6 Å². The lowest BCUT2D eigenvalue weighted by molar-refractivity contribution is -0.106. The largest absolute Gasteiger partial charge is 0.369 e. The molecule has 1 aromatic heterocycles. The summed E-state index contributed by atoms with van der Waals surface area (Å²) in [4.78, 5) is 0. The van der Waals surface area contributed by atoms with E-state index in [4.69, 9.17) is 16.3 Å². The SMILES string of the molecule is Cc1cc(S(=O)(=O)N2CC(CBr)OC(C)(C)C2)sc1Cl. The summed E-state index contributed by atoms with van der Waals surface area (Å²) < 4.78 is 33.6. The number of rotatable bonds is 3. The third-order valence-electron chi connectivity index (χ3n) is 3.05. The molecule has 20 heavy (non-hydrogen) atoms. The van der Waals surface area contributed by atoms with Crippen LogP contribution in [0.4, 0.5) is 0 Å². The highest BCUT2D eigenvalue weighted by Crippen LogP contribution is 2.34. The quantitative estimate of drug-likeness (QED) is 0.729. The van der Waals surface area contributed by atoms with Crippen LogP contribution in [-0.2, 0) is 14.8 Å². The monoisotopic (exact) mass is 401 g/mol. The molecular weight excluding hydrogens is 386 g/mol. The lowest BCUT2D eigenvalue weighted by Crippen LogP contribution is -2.54. The molecule has 2 heterocycles. The van der Waals surface area contributed by atoms with Gasteiger partial charge in [0.15, 0.2) is 0 Å².